The molecule has 1 aliphatic heterocycles. The van der Waals surface area contributed by atoms with Crippen LogP contribution in [0.2, 0.25) is 5.02 Å². The van der Waals surface area contributed by atoms with Crippen LogP contribution in [0, 0.1) is 11.8 Å². The van der Waals surface area contributed by atoms with Gasteiger partial charge in [-0.25, -0.2) is 13.1 Å². The second-order valence-corrected chi connectivity index (χ2v) is 10.8. The Balaban J connectivity index is 1.42. The quantitative estimate of drug-likeness (QED) is 0.641. The van der Waals surface area contributed by atoms with Gasteiger partial charge in [0.1, 0.15) is 6.04 Å². The summed E-state index contributed by atoms with van der Waals surface area (Å²) < 4.78 is 27.5. The van der Waals surface area contributed by atoms with Crippen LogP contribution in [0.4, 0.5) is 0 Å². The highest BCUT2D eigenvalue weighted by Crippen LogP contribution is 2.29. The SMILES string of the molecule is C[C@@H](NC(=O)C1CCC(CNS(=O)(=O)c2ccc(Cl)cc2)CC1)C(=O)N1CCCCC1. The molecule has 1 saturated heterocycles. The van der Waals surface area contributed by atoms with E-state index in [-0.39, 0.29) is 28.5 Å². The van der Waals surface area contributed by atoms with Crippen LogP contribution in [0.3, 0.4) is 0 Å². The highest BCUT2D eigenvalue weighted by atomic mass is 35.5. The Morgan fingerprint density at radius 1 is 1.06 bits per heavy atom. The molecule has 172 valence electrons. The van der Waals surface area contributed by atoms with Crippen LogP contribution in [0.25, 0.3) is 0 Å². The van der Waals surface area contributed by atoms with Crippen molar-refractivity contribution in [2.45, 2.75) is 62.8 Å². The minimum atomic E-state index is -3.57. The molecular formula is C22H32ClN3O4S. The lowest BCUT2D eigenvalue weighted by molar-refractivity contribution is -0.138. The maximum absolute atomic E-state index is 12.6. The number of piperidine rings is 1. The molecule has 1 aromatic carbocycles. The van der Waals surface area contributed by atoms with Gasteiger partial charge in [-0.15, -0.1) is 0 Å². The van der Waals surface area contributed by atoms with Crippen LogP contribution < -0.4 is 10.0 Å². The summed E-state index contributed by atoms with van der Waals surface area (Å²) in [7, 11) is -3.57. The van der Waals surface area contributed by atoms with E-state index in [1.54, 1.807) is 19.1 Å². The number of benzene rings is 1. The molecule has 7 nitrogen and oxygen atoms in total. The standard InChI is InChI=1S/C22H32ClN3O4S/c1-16(22(28)26-13-3-2-4-14-26)25-21(27)18-7-5-17(6-8-18)15-24-31(29,30)20-11-9-19(23)10-12-20/h9-12,16-18,24H,2-8,13-15H2,1H3,(H,25,27)/t16-,17?,18?/m1/s1. The van der Waals surface area contributed by atoms with Gasteiger partial charge in [-0.2, -0.15) is 0 Å². The van der Waals surface area contributed by atoms with Gasteiger partial charge in [-0.3, -0.25) is 9.59 Å². The van der Waals surface area contributed by atoms with Gasteiger partial charge >= 0.3 is 0 Å². The van der Waals surface area contributed by atoms with E-state index in [0.29, 0.717) is 24.4 Å². The molecule has 1 atom stereocenters. The zero-order valence-corrected chi connectivity index (χ0v) is 19.6. The van der Waals surface area contributed by atoms with E-state index in [4.69, 9.17) is 11.6 Å². The third kappa shape index (κ3) is 6.67. The van der Waals surface area contributed by atoms with Crippen molar-refractivity contribution in [3.63, 3.8) is 0 Å². The molecule has 2 fully saturated rings. The lowest BCUT2D eigenvalue weighted by atomic mass is 9.81. The number of rotatable bonds is 7. The van der Waals surface area contributed by atoms with Crippen LogP contribution in [-0.4, -0.2) is 50.8 Å². The summed E-state index contributed by atoms with van der Waals surface area (Å²) in [5.74, 6) is -0.00402. The molecule has 0 spiro atoms. The molecule has 0 unspecified atom stereocenters. The van der Waals surface area contributed by atoms with E-state index in [2.05, 4.69) is 10.0 Å². The zero-order valence-electron chi connectivity index (χ0n) is 18.0. The number of carbonyl (C=O) groups excluding carboxylic acids is 2. The highest BCUT2D eigenvalue weighted by Gasteiger charge is 2.30. The number of nitrogens with one attached hydrogen (secondary N) is 2. The van der Waals surface area contributed by atoms with Crippen LogP contribution >= 0.6 is 11.6 Å². The first-order valence-electron chi connectivity index (χ1n) is 11.1. The lowest BCUT2D eigenvalue weighted by Crippen LogP contribution is -2.50. The second-order valence-electron chi connectivity index (χ2n) is 8.64. The Hall–Kier alpha value is -1.64. The van der Waals surface area contributed by atoms with E-state index in [0.717, 1.165) is 45.2 Å². The maximum atomic E-state index is 12.6. The summed E-state index contributed by atoms with van der Waals surface area (Å²) in [5, 5.41) is 3.38. The molecule has 31 heavy (non-hydrogen) atoms. The van der Waals surface area contributed by atoms with Crippen molar-refractivity contribution >= 4 is 33.4 Å². The monoisotopic (exact) mass is 469 g/mol. The highest BCUT2D eigenvalue weighted by molar-refractivity contribution is 7.89. The molecule has 9 heteroatoms. The first kappa shape index (κ1) is 24.0. The third-order valence-electron chi connectivity index (χ3n) is 6.30. The second kappa shape index (κ2) is 10.8. The zero-order chi connectivity index (χ0) is 22.4. The molecule has 2 amide bonds. The van der Waals surface area contributed by atoms with Gasteiger partial charge in [0, 0.05) is 30.6 Å². The lowest BCUT2D eigenvalue weighted by Gasteiger charge is -2.31. The number of likely N-dealkylation sites (tertiary alicyclic amines) is 1. The molecule has 0 aromatic heterocycles. The van der Waals surface area contributed by atoms with Crippen LogP contribution in [0.5, 0.6) is 0 Å². The minimum absolute atomic E-state index is 0.00154. The number of carbonyl (C=O) groups is 2. The summed E-state index contributed by atoms with van der Waals surface area (Å²) in [6.45, 7) is 3.65. The first-order chi connectivity index (χ1) is 14.8. The van der Waals surface area contributed by atoms with Crippen molar-refractivity contribution in [1.29, 1.82) is 0 Å². The number of sulfonamides is 1. The number of halogens is 1. The van der Waals surface area contributed by atoms with Crippen molar-refractivity contribution in [2.75, 3.05) is 19.6 Å². The van der Waals surface area contributed by atoms with E-state index in [1.807, 2.05) is 4.90 Å². The fourth-order valence-electron chi connectivity index (χ4n) is 4.33. The fraction of sp³-hybridized carbons (Fsp3) is 0.636. The normalized spacial score (nSPS) is 23.2. The third-order valence-corrected chi connectivity index (χ3v) is 7.99. The maximum Gasteiger partial charge on any atom is 0.244 e. The van der Waals surface area contributed by atoms with Gasteiger partial charge in [0.15, 0.2) is 0 Å². The number of hydrogen-bond acceptors (Lipinski definition) is 4. The molecule has 2 aliphatic rings. The first-order valence-corrected chi connectivity index (χ1v) is 13.0. The van der Waals surface area contributed by atoms with Crippen molar-refractivity contribution < 1.29 is 18.0 Å². The smallest absolute Gasteiger partial charge is 0.244 e. The van der Waals surface area contributed by atoms with Crippen LogP contribution in [-0.2, 0) is 19.6 Å². The fourth-order valence-corrected chi connectivity index (χ4v) is 5.58. The van der Waals surface area contributed by atoms with Gasteiger partial charge in [-0.05, 0) is 82.1 Å². The Kier molecular flexibility index (Phi) is 8.36. The molecule has 0 radical (unpaired) electrons. The van der Waals surface area contributed by atoms with E-state index in [1.165, 1.54) is 12.1 Å². The molecule has 1 saturated carbocycles. The Morgan fingerprint density at radius 2 is 1.68 bits per heavy atom. The molecular weight excluding hydrogens is 438 g/mol. The van der Waals surface area contributed by atoms with Crippen LogP contribution in [0.1, 0.15) is 51.9 Å². The summed E-state index contributed by atoms with van der Waals surface area (Å²) in [6.07, 6.45) is 6.15. The molecule has 0 bridgehead atoms. The van der Waals surface area contributed by atoms with Gasteiger partial charge in [0.05, 0.1) is 4.90 Å². The molecule has 1 aliphatic carbocycles. The van der Waals surface area contributed by atoms with Gasteiger partial charge in [-0.1, -0.05) is 11.6 Å². The van der Waals surface area contributed by atoms with Crippen molar-refractivity contribution in [3.8, 4) is 0 Å². The van der Waals surface area contributed by atoms with Crippen molar-refractivity contribution in [1.82, 2.24) is 14.9 Å². The van der Waals surface area contributed by atoms with Gasteiger partial charge in [0.25, 0.3) is 0 Å². The predicted molar refractivity (Wildman–Crippen MR) is 120 cm³/mol. The molecule has 1 heterocycles. The summed E-state index contributed by atoms with van der Waals surface area (Å²) in [6, 6.07) is 5.57. The number of amides is 2. The predicted octanol–water partition coefficient (Wildman–Crippen LogP) is 2.94. The summed E-state index contributed by atoms with van der Waals surface area (Å²) >= 11 is 5.82. The van der Waals surface area contributed by atoms with Crippen LogP contribution in [0.15, 0.2) is 29.2 Å². The Labute approximate surface area is 190 Å². The van der Waals surface area contributed by atoms with Gasteiger partial charge in [0.2, 0.25) is 21.8 Å². The molecule has 3 rings (SSSR count). The minimum Gasteiger partial charge on any atom is -0.344 e. The summed E-state index contributed by atoms with van der Waals surface area (Å²) in [4.78, 5) is 27.2. The average Bonchev–Trinajstić information content (AvgIpc) is 2.78. The Morgan fingerprint density at radius 3 is 2.29 bits per heavy atom. The molecule has 2 N–H and O–H groups in total. The topological polar surface area (TPSA) is 95.6 Å². The Bertz CT molecular complexity index is 861. The average molecular weight is 470 g/mol. The van der Waals surface area contributed by atoms with E-state index >= 15 is 0 Å². The van der Waals surface area contributed by atoms with Crippen molar-refractivity contribution in [2.24, 2.45) is 11.8 Å². The number of nitrogens with zero attached hydrogens (tertiary/aromatic N) is 1. The summed E-state index contributed by atoms with van der Waals surface area (Å²) in [5.41, 5.74) is 0. The van der Waals surface area contributed by atoms with E-state index in [9.17, 15) is 18.0 Å². The van der Waals surface area contributed by atoms with Gasteiger partial charge < -0.3 is 10.2 Å². The van der Waals surface area contributed by atoms with Crippen molar-refractivity contribution in [3.05, 3.63) is 29.3 Å². The van der Waals surface area contributed by atoms with E-state index < -0.39 is 16.1 Å². The molecule has 1 aromatic rings. The largest absolute Gasteiger partial charge is 0.344 e. The number of hydrogen-bond donors (Lipinski definition) is 2.